The molecule has 176 valence electrons. The van der Waals surface area contributed by atoms with E-state index < -0.39 is 0 Å². The number of rotatable bonds is 6. The molecule has 8 nitrogen and oxygen atoms in total. The van der Waals surface area contributed by atoms with Gasteiger partial charge in [-0.15, -0.1) is 10.2 Å². The van der Waals surface area contributed by atoms with E-state index in [9.17, 15) is 9.59 Å². The van der Waals surface area contributed by atoms with Gasteiger partial charge >= 0.3 is 0 Å². The van der Waals surface area contributed by atoms with Crippen molar-refractivity contribution in [2.75, 3.05) is 50.8 Å². The molecule has 2 aliphatic rings. The Labute approximate surface area is 195 Å². The van der Waals surface area contributed by atoms with Gasteiger partial charge in [-0.05, 0) is 38.3 Å². The molecule has 0 bridgehead atoms. The highest BCUT2D eigenvalue weighted by molar-refractivity contribution is 5.84. The summed E-state index contributed by atoms with van der Waals surface area (Å²) < 4.78 is 5.65. The summed E-state index contributed by atoms with van der Waals surface area (Å²) in [6.45, 7) is 7.71. The van der Waals surface area contributed by atoms with E-state index >= 15 is 0 Å². The van der Waals surface area contributed by atoms with Crippen LogP contribution in [0.1, 0.15) is 31.7 Å². The highest BCUT2D eigenvalue weighted by atomic mass is 16.5. The number of amides is 2. The molecular formula is C25H33N5O3. The van der Waals surface area contributed by atoms with E-state index in [2.05, 4.69) is 46.3 Å². The van der Waals surface area contributed by atoms with E-state index in [4.69, 9.17) is 4.74 Å². The Hall–Kier alpha value is -3.00. The zero-order chi connectivity index (χ0) is 23.2. The van der Waals surface area contributed by atoms with Crippen molar-refractivity contribution in [1.82, 2.24) is 20.0 Å². The summed E-state index contributed by atoms with van der Waals surface area (Å²) >= 11 is 0. The van der Waals surface area contributed by atoms with Crippen LogP contribution in [0.25, 0.3) is 11.3 Å². The first kappa shape index (κ1) is 23.2. The first-order valence-corrected chi connectivity index (χ1v) is 11.8. The smallest absolute Gasteiger partial charge is 0.242 e. The first-order chi connectivity index (χ1) is 16.0. The average Bonchev–Trinajstić information content (AvgIpc) is 3.20. The fourth-order valence-electron chi connectivity index (χ4n) is 4.37. The Balaban J connectivity index is 1.33. The van der Waals surface area contributed by atoms with Crippen molar-refractivity contribution in [1.29, 1.82) is 0 Å². The van der Waals surface area contributed by atoms with E-state index in [0.717, 1.165) is 49.5 Å². The molecule has 4 rings (SSSR count). The topological polar surface area (TPSA) is 78.9 Å². The number of anilines is 1. The number of hydrogen-bond donors (Lipinski definition) is 0. The van der Waals surface area contributed by atoms with Crippen LogP contribution in [0.5, 0.6) is 0 Å². The Morgan fingerprint density at radius 3 is 2.52 bits per heavy atom. The van der Waals surface area contributed by atoms with Gasteiger partial charge in [-0.1, -0.05) is 29.8 Å². The quantitative estimate of drug-likeness (QED) is 0.672. The standard InChI is InChI=1S/C25H33N5O3/c1-19-6-8-21(9-7-19)23-10-11-24(27-26-23)28-12-4-13-29(15-14-28)25(32)18-30(20(2)31)17-22-5-3-16-33-22/h6-11,22H,3-5,12-18H2,1-2H3. The SMILES string of the molecule is CC(=O)N(CC(=O)N1CCCN(c2ccc(-c3ccc(C)cc3)nn2)CC1)CC1CCCO1. The second-order valence-corrected chi connectivity index (χ2v) is 8.90. The van der Waals surface area contributed by atoms with Crippen molar-refractivity contribution in [2.45, 2.75) is 39.2 Å². The molecule has 2 aromatic rings. The predicted molar refractivity (Wildman–Crippen MR) is 127 cm³/mol. The molecule has 1 unspecified atom stereocenters. The Bertz CT molecular complexity index is 942. The number of benzene rings is 1. The van der Waals surface area contributed by atoms with Gasteiger partial charge in [0.15, 0.2) is 5.82 Å². The van der Waals surface area contributed by atoms with Gasteiger partial charge in [-0.3, -0.25) is 9.59 Å². The summed E-state index contributed by atoms with van der Waals surface area (Å²) in [5, 5.41) is 8.87. The van der Waals surface area contributed by atoms with Crippen LogP contribution >= 0.6 is 0 Å². The minimum absolute atomic E-state index is 0.00847. The monoisotopic (exact) mass is 451 g/mol. The van der Waals surface area contributed by atoms with Gasteiger partial charge in [-0.2, -0.15) is 0 Å². The molecule has 0 spiro atoms. The van der Waals surface area contributed by atoms with Crippen LogP contribution in [0.3, 0.4) is 0 Å². The van der Waals surface area contributed by atoms with E-state index in [-0.39, 0.29) is 24.5 Å². The van der Waals surface area contributed by atoms with Gasteiger partial charge in [0.2, 0.25) is 11.8 Å². The number of aryl methyl sites for hydroxylation is 1. The fourth-order valence-corrected chi connectivity index (χ4v) is 4.37. The summed E-state index contributed by atoms with van der Waals surface area (Å²) in [5.74, 6) is 0.731. The second kappa shape index (κ2) is 10.7. The van der Waals surface area contributed by atoms with Gasteiger partial charge in [0, 0.05) is 51.8 Å². The number of carbonyl (C=O) groups is 2. The Morgan fingerprint density at radius 2 is 1.85 bits per heavy atom. The van der Waals surface area contributed by atoms with Crippen molar-refractivity contribution in [3.8, 4) is 11.3 Å². The molecule has 0 aliphatic carbocycles. The molecule has 0 N–H and O–H groups in total. The van der Waals surface area contributed by atoms with Gasteiger partial charge in [-0.25, -0.2) is 0 Å². The first-order valence-electron chi connectivity index (χ1n) is 11.8. The lowest BCUT2D eigenvalue weighted by molar-refractivity contribution is -0.140. The minimum Gasteiger partial charge on any atom is -0.376 e. The van der Waals surface area contributed by atoms with Gasteiger partial charge in [0.1, 0.15) is 0 Å². The van der Waals surface area contributed by atoms with Crippen LogP contribution in [0.2, 0.25) is 0 Å². The lowest BCUT2D eigenvalue weighted by Gasteiger charge is -2.27. The lowest BCUT2D eigenvalue weighted by Crippen LogP contribution is -2.45. The van der Waals surface area contributed by atoms with Crippen molar-refractivity contribution in [3.63, 3.8) is 0 Å². The summed E-state index contributed by atoms with van der Waals surface area (Å²) in [6, 6.07) is 12.2. The normalized spacial score (nSPS) is 18.8. The third-order valence-electron chi connectivity index (χ3n) is 6.39. The maximum Gasteiger partial charge on any atom is 0.242 e. The average molecular weight is 452 g/mol. The molecule has 0 saturated carbocycles. The summed E-state index contributed by atoms with van der Waals surface area (Å²) in [7, 11) is 0. The fraction of sp³-hybridized carbons (Fsp3) is 0.520. The van der Waals surface area contributed by atoms with Gasteiger partial charge in [0.05, 0.1) is 18.3 Å². The van der Waals surface area contributed by atoms with Crippen LogP contribution in [0.4, 0.5) is 5.82 Å². The maximum atomic E-state index is 13.0. The largest absolute Gasteiger partial charge is 0.376 e. The number of carbonyl (C=O) groups excluding carboxylic acids is 2. The van der Waals surface area contributed by atoms with Crippen LogP contribution in [0.15, 0.2) is 36.4 Å². The number of ether oxygens (including phenoxy) is 1. The molecule has 8 heteroatoms. The summed E-state index contributed by atoms with van der Waals surface area (Å²) in [6.07, 6.45) is 2.85. The molecule has 2 aliphatic heterocycles. The number of hydrogen-bond acceptors (Lipinski definition) is 6. The molecule has 1 atom stereocenters. The maximum absolute atomic E-state index is 13.0. The molecule has 0 radical (unpaired) electrons. The predicted octanol–water partition coefficient (Wildman–Crippen LogP) is 2.52. The van der Waals surface area contributed by atoms with Crippen molar-refractivity contribution < 1.29 is 14.3 Å². The van der Waals surface area contributed by atoms with Crippen molar-refractivity contribution >= 4 is 17.6 Å². The van der Waals surface area contributed by atoms with Gasteiger partial charge < -0.3 is 19.4 Å². The third-order valence-corrected chi connectivity index (χ3v) is 6.39. The van der Waals surface area contributed by atoms with Crippen molar-refractivity contribution in [3.05, 3.63) is 42.0 Å². The molecule has 2 saturated heterocycles. The van der Waals surface area contributed by atoms with Gasteiger partial charge in [0.25, 0.3) is 0 Å². The third kappa shape index (κ3) is 6.07. The van der Waals surface area contributed by atoms with Crippen LogP contribution in [-0.4, -0.2) is 83.8 Å². The van der Waals surface area contributed by atoms with E-state index in [1.807, 2.05) is 17.0 Å². The van der Waals surface area contributed by atoms with E-state index in [0.29, 0.717) is 26.2 Å². The highest BCUT2D eigenvalue weighted by Crippen LogP contribution is 2.20. The molecule has 1 aromatic carbocycles. The molecule has 2 fully saturated rings. The molecule has 2 amide bonds. The molecular weight excluding hydrogens is 418 g/mol. The van der Waals surface area contributed by atoms with Crippen LogP contribution in [0, 0.1) is 6.92 Å². The Morgan fingerprint density at radius 1 is 1.03 bits per heavy atom. The Kier molecular flexibility index (Phi) is 7.54. The summed E-state index contributed by atoms with van der Waals surface area (Å²) in [5.41, 5.74) is 3.11. The van der Waals surface area contributed by atoms with Crippen molar-refractivity contribution in [2.24, 2.45) is 0 Å². The molecule has 1 aromatic heterocycles. The minimum atomic E-state index is -0.0840. The lowest BCUT2D eigenvalue weighted by atomic mass is 10.1. The van der Waals surface area contributed by atoms with E-state index in [1.165, 1.54) is 12.5 Å². The zero-order valence-corrected chi connectivity index (χ0v) is 19.6. The second-order valence-electron chi connectivity index (χ2n) is 8.90. The van der Waals surface area contributed by atoms with Crippen LogP contribution < -0.4 is 4.90 Å². The highest BCUT2D eigenvalue weighted by Gasteiger charge is 2.26. The van der Waals surface area contributed by atoms with E-state index in [1.54, 1.807) is 4.90 Å². The number of aromatic nitrogens is 2. The summed E-state index contributed by atoms with van der Waals surface area (Å²) in [4.78, 5) is 30.7. The molecule has 3 heterocycles. The number of nitrogens with zero attached hydrogens (tertiary/aromatic N) is 5. The zero-order valence-electron chi connectivity index (χ0n) is 19.6. The van der Waals surface area contributed by atoms with Crippen LogP contribution in [-0.2, 0) is 14.3 Å². The molecule has 33 heavy (non-hydrogen) atoms.